The smallest absolute Gasteiger partial charge is 0.256 e. The lowest BCUT2D eigenvalue weighted by Crippen LogP contribution is -2.40. The highest BCUT2D eigenvalue weighted by Crippen LogP contribution is 2.27. The molecule has 178 valence electrons. The Hall–Kier alpha value is -3.66. The number of nitrogens with zero attached hydrogens (tertiary/aromatic N) is 3. The molecule has 35 heavy (non-hydrogen) atoms. The van der Waals surface area contributed by atoms with Crippen LogP contribution in [0.3, 0.4) is 0 Å². The Morgan fingerprint density at radius 1 is 1.00 bits per heavy atom. The molecule has 3 heterocycles. The lowest BCUT2D eigenvalue weighted by Gasteiger charge is -2.26. The van der Waals surface area contributed by atoms with Crippen molar-refractivity contribution in [1.29, 1.82) is 0 Å². The SMILES string of the molecule is Cc1ccc(NC(=O)c2cc(-c3ccncc3)nc3ccccc23)cc1S(=O)(=O)N1CCOCC1. The number of hydrogen-bond acceptors (Lipinski definition) is 6. The van der Waals surface area contributed by atoms with Crippen molar-refractivity contribution in [2.24, 2.45) is 0 Å². The number of ether oxygens (including phenoxy) is 1. The van der Waals surface area contributed by atoms with Crippen LogP contribution >= 0.6 is 0 Å². The maximum Gasteiger partial charge on any atom is 0.256 e. The van der Waals surface area contributed by atoms with Crippen LogP contribution < -0.4 is 5.32 Å². The first kappa shape index (κ1) is 23.1. The largest absolute Gasteiger partial charge is 0.379 e. The summed E-state index contributed by atoms with van der Waals surface area (Å²) < 4.78 is 33.2. The van der Waals surface area contributed by atoms with Gasteiger partial charge < -0.3 is 10.1 Å². The third-order valence-electron chi connectivity index (χ3n) is 5.97. The van der Waals surface area contributed by atoms with Crippen LogP contribution in [-0.2, 0) is 14.8 Å². The maximum atomic E-state index is 13.4. The molecule has 1 N–H and O–H groups in total. The fourth-order valence-corrected chi connectivity index (χ4v) is 5.77. The lowest BCUT2D eigenvalue weighted by atomic mass is 10.0. The van der Waals surface area contributed by atoms with E-state index in [9.17, 15) is 13.2 Å². The molecule has 0 atom stereocenters. The predicted molar refractivity (Wildman–Crippen MR) is 134 cm³/mol. The number of aryl methyl sites for hydroxylation is 1. The zero-order valence-electron chi connectivity index (χ0n) is 19.1. The fraction of sp³-hybridized carbons (Fsp3) is 0.192. The Balaban J connectivity index is 1.51. The second-order valence-electron chi connectivity index (χ2n) is 8.26. The molecule has 0 bridgehead atoms. The second kappa shape index (κ2) is 9.53. The van der Waals surface area contributed by atoms with E-state index in [1.165, 1.54) is 10.4 Å². The summed E-state index contributed by atoms with van der Waals surface area (Å²) in [7, 11) is -3.71. The minimum Gasteiger partial charge on any atom is -0.379 e. The van der Waals surface area contributed by atoms with Crippen LogP contribution in [0.2, 0.25) is 0 Å². The molecule has 1 aliphatic heterocycles. The molecule has 1 aliphatic rings. The number of para-hydroxylation sites is 1. The number of carbonyl (C=O) groups excluding carboxylic acids is 1. The third kappa shape index (κ3) is 4.66. The molecule has 0 spiro atoms. The summed E-state index contributed by atoms with van der Waals surface area (Å²) in [6.07, 6.45) is 3.35. The molecule has 2 aromatic carbocycles. The molecule has 8 nitrogen and oxygen atoms in total. The molecule has 0 unspecified atom stereocenters. The molecule has 2 aromatic heterocycles. The van der Waals surface area contributed by atoms with Gasteiger partial charge in [-0.05, 0) is 48.9 Å². The summed E-state index contributed by atoms with van der Waals surface area (Å²) in [6, 6.07) is 17.8. The van der Waals surface area contributed by atoms with Gasteiger partial charge >= 0.3 is 0 Å². The van der Waals surface area contributed by atoms with Gasteiger partial charge in [0, 0.05) is 42.1 Å². The van der Waals surface area contributed by atoms with Gasteiger partial charge in [0.1, 0.15) is 0 Å². The minimum atomic E-state index is -3.71. The number of hydrogen-bond donors (Lipinski definition) is 1. The number of fused-ring (bicyclic) bond motifs is 1. The zero-order chi connectivity index (χ0) is 24.4. The minimum absolute atomic E-state index is 0.175. The summed E-state index contributed by atoms with van der Waals surface area (Å²) in [6.45, 7) is 3.09. The van der Waals surface area contributed by atoms with Gasteiger partial charge in [0.15, 0.2) is 0 Å². The number of nitrogens with one attached hydrogen (secondary N) is 1. The number of carbonyl (C=O) groups is 1. The average Bonchev–Trinajstić information content (AvgIpc) is 2.90. The first-order valence-corrected chi connectivity index (χ1v) is 12.7. The van der Waals surface area contributed by atoms with Gasteiger partial charge in [0.05, 0.1) is 34.9 Å². The topological polar surface area (TPSA) is 101 Å². The van der Waals surface area contributed by atoms with E-state index in [4.69, 9.17) is 9.72 Å². The van der Waals surface area contributed by atoms with Crippen LogP contribution in [0.5, 0.6) is 0 Å². The number of pyridine rings is 2. The van der Waals surface area contributed by atoms with Gasteiger partial charge in [-0.1, -0.05) is 24.3 Å². The normalized spacial score (nSPS) is 14.7. The van der Waals surface area contributed by atoms with Crippen molar-refractivity contribution < 1.29 is 17.9 Å². The number of aromatic nitrogens is 2. The van der Waals surface area contributed by atoms with Gasteiger partial charge in [0.25, 0.3) is 5.91 Å². The van der Waals surface area contributed by atoms with E-state index in [2.05, 4.69) is 10.3 Å². The van der Waals surface area contributed by atoms with Crippen molar-refractivity contribution in [3.8, 4) is 11.3 Å². The van der Waals surface area contributed by atoms with Gasteiger partial charge in [0.2, 0.25) is 10.0 Å². The molecule has 0 saturated carbocycles. The maximum absolute atomic E-state index is 13.4. The third-order valence-corrected chi connectivity index (χ3v) is 8.01. The van der Waals surface area contributed by atoms with Crippen molar-refractivity contribution >= 4 is 32.5 Å². The molecule has 0 aliphatic carbocycles. The van der Waals surface area contributed by atoms with Crippen molar-refractivity contribution in [1.82, 2.24) is 14.3 Å². The Morgan fingerprint density at radius 3 is 2.51 bits per heavy atom. The molecular weight excluding hydrogens is 464 g/mol. The van der Waals surface area contributed by atoms with E-state index < -0.39 is 10.0 Å². The number of benzene rings is 2. The van der Waals surface area contributed by atoms with E-state index >= 15 is 0 Å². The average molecular weight is 489 g/mol. The number of sulfonamides is 1. The van der Waals surface area contributed by atoms with E-state index in [1.54, 1.807) is 37.5 Å². The first-order valence-electron chi connectivity index (χ1n) is 11.2. The number of anilines is 1. The summed E-state index contributed by atoms with van der Waals surface area (Å²) in [4.78, 5) is 22.4. The first-order chi connectivity index (χ1) is 16.9. The number of morpholine rings is 1. The lowest BCUT2D eigenvalue weighted by molar-refractivity contribution is 0.0730. The monoisotopic (exact) mass is 488 g/mol. The van der Waals surface area contributed by atoms with Crippen LogP contribution in [0.25, 0.3) is 22.2 Å². The molecule has 4 aromatic rings. The Morgan fingerprint density at radius 2 is 1.74 bits per heavy atom. The van der Waals surface area contributed by atoms with E-state index in [-0.39, 0.29) is 10.8 Å². The summed E-state index contributed by atoms with van der Waals surface area (Å²) in [5.41, 5.74) is 3.64. The summed E-state index contributed by atoms with van der Waals surface area (Å²) in [5, 5.41) is 3.59. The fourth-order valence-electron chi connectivity index (χ4n) is 4.11. The molecule has 1 amide bonds. The second-order valence-corrected chi connectivity index (χ2v) is 10.2. The molecule has 1 fully saturated rings. The van der Waals surface area contributed by atoms with Crippen LogP contribution in [-0.4, -0.2) is 54.9 Å². The predicted octanol–water partition coefficient (Wildman–Crippen LogP) is 3.88. The highest BCUT2D eigenvalue weighted by molar-refractivity contribution is 7.89. The van der Waals surface area contributed by atoms with Crippen molar-refractivity contribution in [2.45, 2.75) is 11.8 Å². The van der Waals surface area contributed by atoms with Crippen LogP contribution in [0, 0.1) is 6.92 Å². The number of rotatable bonds is 5. The Labute approximate surface area is 203 Å². The Kier molecular flexibility index (Phi) is 6.29. The quantitative estimate of drug-likeness (QED) is 0.458. The zero-order valence-corrected chi connectivity index (χ0v) is 20.0. The van der Waals surface area contributed by atoms with Gasteiger partial charge in [-0.15, -0.1) is 0 Å². The Bertz CT molecular complexity index is 1500. The van der Waals surface area contributed by atoms with E-state index in [1.807, 2.05) is 36.4 Å². The highest BCUT2D eigenvalue weighted by atomic mass is 32.2. The molecule has 1 saturated heterocycles. The molecule has 9 heteroatoms. The van der Waals surface area contributed by atoms with E-state index in [0.29, 0.717) is 59.7 Å². The van der Waals surface area contributed by atoms with E-state index in [0.717, 1.165) is 5.56 Å². The molecular formula is C26H24N4O4S. The van der Waals surface area contributed by atoms with Crippen LogP contribution in [0.4, 0.5) is 5.69 Å². The van der Waals surface area contributed by atoms with Gasteiger partial charge in [-0.3, -0.25) is 9.78 Å². The summed E-state index contributed by atoms with van der Waals surface area (Å²) in [5.74, 6) is -0.350. The molecule has 5 rings (SSSR count). The van der Waals surface area contributed by atoms with Crippen LogP contribution in [0.15, 0.2) is 78.0 Å². The molecule has 0 radical (unpaired) electrons. The van der Waals surface area contributed by atoms with Crippen LogP contribution in [0.1, 0.15) is 15.9 Å². The van der Waals surface area contributed by atoms with Gasteiger partial charge in [-0.25, -0.2) is 13.4 Å². The standard InChI is InChI=1S/C26H24N4O4S/c1-18-6-7-20(16-25(18)35(32,33)30-12-14-34-15-13-30)28-26(31)22-17-24(19-8-10-27-11-9-19)29-23-5-3-2-4-21(22)23/h2-11,16-17H,12-15H2,1H3,(H,28,31). The van der Waals surface area contributed by atoms with Crippen molar-refractivity contribution in [3.05, 3.63) is 84.2 Å². The van der Waals surface area contributed by atoms with Gasteiger partial charge in [-0.2, -0.15) is 4.31 Å². The highest BCUT2D eigenvalue weighted by Gasteiger charge is 2.28. The van der Waals surface area contributed by atoms with Crippen molar-refractivity contribution in [3.63, 3.8) is 0 Å². The number of amides is 1. The summed E-state index contributed by atoms with van der Waals surface area (Å²) >= 11 is 0. The van der Waals surface area contributed by atoms with Crippen molar-refractivity contribution in [2.75, 3.05) is 31.6 Å².